The average molecular weight is 483 g/mol. The second-order valence-corrected chi connectivity index (χ2v) is 7.80. The fraction of sp³-hybridized carbons (Fsp3) is 0.200. The number of anilines is 2. The number of methoxy groups -OCH3 is 1. The van der Waals surface area contributed by atoms with E-state index < -0.39 is 0 Å². The number of halogens is 1. The molecule has 0 unspecified atom stereocenters. The molecule has 1 heterocycles. The van der Waals surface area contributed by atoms with Crippen molar-refractivity contribution in [1.82, 2.24) is 0 Å². The molecule has 0 aliphatic carbocycles. The van der Waals surface area contributed by atoms with E-state index in [2.05, 4.69) is 10.6 Å². The lowest BCUT2D eigenvalue weighted by Crippen LogP contribution is -2.20. The molecule has 8 nitrogen and oxygen atoms in total. The van der Waals surface area contributed by atoms with Crippen LogP contribution < -0.4 is 29.6 Å². The molecular weight excluding hydrogens is 460 g/mol. The van der Waals surface area contributed by atoms with Crippen molar-refractivity contribution in [2.24, 2.45) is 0 Å². The Morgan fingerprint density at radius 3 is 2.38 bits per heavy atom. The van der Waals surface area contributed by atoms with E-state index in [1.807, 2.05) is 6.07 Å². The normalized spacial score (nSPS) is 11.9. The SMILES string of the molecule is COc1ccccc1OCC(=O)Nc1cccc(NC(=O)Cc2cc(Cl)c3c(c2)OCCO3)c1. The van der Waals surface area contributed by atoms with Gasteiger partial charge < -0.3 is 29.6 Å². The van der Waals surface area contributed by atoms with E-state index in [0.717, 1.165) is 0 Å². The van der Waals surface area contributed by atoms with Crippen LogP contribution in [0.2, 0.25) is 5.02 Å². The molecule has 1 aliphatic rings. The molecular formula is C25H23ClN2O6. The van der Waals surface area contributed by atoms with E-state index in [0.29, 0.717) is 58.2 Å². The highest BCUT2D eigenvalue weighted by molar-refractivity contribution is 6.32. The standard InChI is InChI=1S/C25H23ClN2O6/c1-31-20-7-2-3-8-21(20)34-15-24(30)28-18-6-4-5-17(14-18)27-23(29)13-16-11-19(26)25-22(12-16)32-9-10-33-25/h2-8,11-12,14H,9-10,13,15H2,1H3,(H,27,29)(H,28,30). The number of para-hydroxylation sites is 2. The molecule has 1 aliphatic heterocycles. The molecule has 3 aromatic rings. The van der Waals surface area contributed by atoms with E-state index in [1.54, 1.807) is 54.6 Å². The highest BCUT2D eigenvalue weighted by atomic mass is 35.5. The molecule has 4 rings (SSSR count). The fourth-order valence-electron chi connectivity index (χ4n) is 3.41. The molecule has 3 aromatic carbocycles. The Balaban J connectivity index is 1.33. The smallest absolute Gasteiger partial charge is 0.262 e. The van der Waals surface area contributed by atoms with Gasteiger partial charge in [0.05, 0.1) is 18.6 Å². The summed E-state index contributed by atoms with van der Waals surface area (Å²) in [4.78, 5) is 24.9. The molecule has 34 heavy (non-hydrogen) atoms. The third-order valence-electron chi connectivity index (χ3n) is 4.88. The zero-order valence-electron chi connectivity index (χ0n) is 18.4. The van der Waals surface area contributed by atoms with Gasteiger partial charge in [0.1, 0.15) is 13.2 Å². The molecule has 0 bridgehead atoms. The molecule has 0 atom stereocenters. The number of carbonyl (C=O) groups is 2. The molecule has 2 N–H and O–H groups in total. The Morgan fingerprint density at radius 1 is 0.912 bits per heavy atom. The summed E-state index contributed by atoms with van der Waals surface area (Å²) in [6, 6.07) is 17.4. The Labute approximate surface area is 201 Å². The Bertz CT molecular complexity index is 1200. The van der Waals surface area contributed by atoms with Crippen molar-refractivity contribution >= 4 is 34.8 Å². The maximum atomic E-state index is 12.6. The number of hydrogen-bond acceptors (Lipinski definition) is 6. The Hall–Kier alpha value is -3.91. The minimum absolute atomic E-state index is 0.0969. The number of fused-ring (bicyclic) bond motifs is 1. The maximum absolute atomic E-state index is 12.6. The number of rotatable bonds is 8. The molecule has 0 aromatic heterocycles. The van der Waals surface area contributed by atoms with Crippen molar-refractivity contribution in [1.29, 1.82) is 0 Å². The minimum atomic E-state index is -0.347. The van der Waals surface area contributed by atoms with Gasteiger partial charge >= 0.3 is 0 Å². The Morgan fingerprint density at radius 2 is 1.62 bits per heavy atom. The number of carbonyl (C=O) groups excluding carboxylic acids is 2. The minimum Gasteiger partial charge on any atom is -0.493 e. The van der Waals surface area contributed by atoms with Gasteiger partial charge in [0.2, 0.25) is 5.91 Å². The van der Waals surface area contributed by atoms with Crippen LogP contribution in [0.5, 0.6) is 23.0 Å². The molecule has 0 saturated carbocycles. The van der Waals surface area contributed by atoms with Crippen molar-refractivity contribution in [3.05, 3.63) is 71.2 Å². The summed E-state index contributed by atoms with van der Waals surface area (Å²) in [5.74, 6) is 1.45. The lowest BCUT2D eigenvalue weighted by molar-refractivity contribution is -0.118. The number of hydrogen-bond donors (Lipinski definition) is 2. The summed E-state index contributed by atoms with van der Waals surface area (Å²) in [6.07, 6.45) is 0.0969. The molecule has 0 spiro atoms. The van der Waals surface area contributed by atoms with Gasteiger partial charge in [0.15, 0.2) is 29.6 Å². The maximum Gasteiger partial charge on any atom is 0.262 e. The highest BCUT2D eigenvalue weighted by Crippen LogP contribution is 2.38. The van der Waals surface area contributed by atoms with Crippen LogP contribution in [0.25, 0.3) is 0 Å². The average Bonchev–Trinajstić information content (AvgIpc) is 2.83. The molecule has 0 saturated heterocycles. The quantitative estimate of drug-likeness (QED) is 0.496. The van der Waals surface area contributed by atoms with Crippen LogP contribution in [-0.2, 0) is 16.0 Å². The summed E-state index contributed by atoms with van der Waals surface area (Å²) in [5, 5.41) is 5.98. The van der Waals surface area contributed by atoms with Crippen molar-refractivity contribution in [3.63, 3.8) is 0 Å². The van der Waals surface area contributed by atoms with Gasteiger partial charge in [-0.3, -0.25) is 9.59 Å². The monoisotopic (exact) mass is 482 g/mol. The Kier molecular flexibility index (Phi) is 7.39. The first-order chi connectivity index (χ1) is 16.5. The summed E-state index contributed by atoms with van der Waals surface area (Å²) >= 11 is 6.25. The second-order valence-electron chi connectivity index (χ2n) is 7.40. The van der Waals surface area contributed by atoms with Crippen LogP contribution in [0, 0.1) is 0 Å². The second kappa shape index (κ2) is 10.8. The van der Waals surface area contributed by atoms with Crippen LogP contribution in [0.4, 0.5) is 11.4 Å². The van der Waals surface area contributed by atoms with E-state index in [4.69, 9.17) is 30.5 Å². The molecule has 2 amide bonds. The number of amides is 2. The van der Waals surface area contributed by atoms with Gasteiger partial charge in [-0.05, 0) is 48.0 Å². The van der Waals surface area contributed by atoms with Gasteiger partial charge in [-0.1, -0.05) is 29.8 Å². The third kappa shape index (κ3) is 5.90. The van der Waals surface area contributed by atoms with Crippen LogP contribution in [-0.4, -0.2) is 38.7 Å². The third-order valence-corrected chi connectivity index (χ3v) is 5.16. The zero-order valence-corrected chi connectivity index (χ0v) is 19.2. The first-order valence-electron chi connectivity index (χ1n) is 10.6. The van der Waals surface area contributed by atoms with E-state index in [9.17, 15) is 9.59 Å². The topological polar surface area (TPSA) is 95.1 Å². The summed E-state index contributed by atoms with van der Waals surface area (Å²) in [6.45, 7) is 0.676. The summed E-state index contributed by atoms with van der Waals surface area (Å²) in [5.41, 5.74) is 1.76. The van der Waals surface area contributed by atoms with E-state index in [1.165, 1.54) is 7.11 Å². The molecule has 0 fully saturated rings. The van der Waals surface area contributed by atoms with Crippen LogP contribution in [0.15, 0.2) is 60.7 Å². The van der Waals surface area contributed by atoms with Crippen molar-refractivity contribution in [3.8, 4) is 23.0 Å². The zero-order chi connectivity index (χ0) is 23.9. The number of nitrogens with one attached hydrogen (secondary N) is 2. The largest absolute Gasteiger partial charge is 0.493 e. The fourth-order valence-corrected chi connectivity index (χ4v) is 3.70. The van der Waals surface area contributed by atoms with Crippen LogP contribution >= 0.6 is 11.6 Å². The van der Waals surface area contributed by atoms with Gasteiger partial charge in [-0.25, -0.2) is 0 Å². The first kappa shape index (κ1) is 23.3. The molecule has 9 heteroatoms. The van der Waals surface area contributed by atoms with Crippen LogP contribution in [0.3, 0.4) is 0 Å². The predicted molar refractivity (Wildman–Crippen MR) is 128 cm³/mol. The van der Waals surface area contributed by atoms with Crippen molar-refractivity contribution in [2.45, 2.75) is 6.42 Å². The molecule has 0 radical (unpaired) electrons. The predicted octanol–water partition coefficient (Wildman–Crippen LogP) is 4.32. The van der Waals surface area contributed by atoms with Gasteiger partial charge in [-0.15, -0.1) is 0 Å². The lowest BCUT2D eigenvalue weighted by Gasteiger charge is -2.20. The summed E-state index contributed by atoms with van der Waals surface area (Å²) in [7, 11) is 1.53. The van der Waals surface area contributed by atoms with Crippen molar-refractivity contribution < 1.29 is 28.5 Å². The van der Waals surface area contributed by atoms with E-state index in [-0.39, 0.29) is 24.8 Å². The first-order valence-corrected chi connectivity index (χ1v) is 10.9. The number of ether oxygens (including phenoxy) is 4. The van der Waals surface area contributed by atoms with Crippen molar-refractivity contribution in [2.75, 3.05) is 37.6 Å². The van der Waals surface area contributed by atoms with Gasteiger partial charge in [-0.2, -0.15) is 0 Å². The van der Waals surface area contributed by atoms with E-state index >= 15 is 0 Å². The van der Waals surface area contributed by atoms with Gasteiger partial charge in [0.25, 0.3) is 5.91 Å². The lowest BCUT2D eigenvalue weighted by atomic mass is 10.1. The molecule has 176 valence electrons. The highest BCUT2D eigenvalue weighted by Gasteiger charge is 2.18. The van der Waals surface area contributed by atoms with Gasteiger partial charge in [0, 0.05) is 11.4 Å². The summed E-state index contributed by atoms with van der Waals surface area (Å²) < 4.78 is 21.8. The number of benzene rings is 3. The van der Waals surface area contributed by atoms with Crippen LogP contribution in [0.1, 0.15) is 5.56 Å².